The molecule has 0 aliphatic carbocycles. The van der Waals surface area contributed by atoms with E-state index in [1.54, 1.807) is 11.3 Å². The smallest absolute Gasteiger partial charge is 0.0926 e. The van der Waals surface area contributed by atoms with E-state index in [0.29, 0.717) is 6.54 Å². The molecule has 0 atom stereocenters. The highest BCUT2D eigenvalue weighted by Gasteiger charge is 2.08. The molecule has 0 saturated heterocycles. The zero-order valence-electron chi connectivity index (χ0n) is 12.5. The third-order valence-electron chi connectivity index (χ3n) is 3.29. The Balaban J connectivity index is 0.00000220. The molecule has 0 fully saturated rings. The molecule has 0 aliphatic heterocycles. The molecule has 2 aromatic rings. The van der Waals surface area contributed by atoms with E-state index in [1.165, 1.54) is 16.3 Å². The van der Waals surface area contributed by atoms with Crippen LogP contribution in [0.1, 0.15) is 23.2 Å². The summed E-state index contributed by atoms with van der Waals surface area (Å²) in [7, 11) is 0. The Hall–Kier alpha value is -0.940. The van der Waals surface area contributed by atoms with Crippen LogP contribution in [0.3, 0.4) is 0 Å². The molecule has 0 saturated carbocycles. The second-order valence-electron chi connectivity index (χ2n) is 4.89. The molecule has 1 aromatic carbocycles. The standard InChI is InChI=1S/C16H23N3S.ClH/c1-2-16-18-15(13-20-16)12-19(11-9-17)10-8-14-6-4-3-5-7-14;/h3-7,13H,2,8-12,17H2,1H3;1H. The van der Waals surface area contributed by atoms with Crippen molar-refractivity contribution in [1.82, 2.24) is 9.88 Å². The van der Waals surface area contributed by atoms with Gasteiger partial charge in [-0.3, -0.25) is 4.90 Å². The zero-order valence-corrected chi connectivity index (χ0v) is 14.1. The highest BCUT2D eigenvalue weighted by Crippen LogP contribution is 2.12. The van der Waals surface area contributed by atoms with E-state index < -0.39 is 0 Å². The maximum Gasteiger partial charge on any atom is 0.0926 e. The van der Waals surface area contributed by atoms with Gasteiger partial charge in [0.15, 0.2) is 0 Å². The second-order valence-corrected chi connectivity index (χ2v) is 5.83. The molecule has 0 spiro atoms. The Morgan fingerprint density at radius 2 is 1.95 bits per heavy atom. The van der Waals surface area contributed by atoms with Crippen molar-refractivity contribution in [3.8, 4) is 0 Å². The first-order valence-electron chi connectivity index (χ1n) is 7.21. The lowest BCUT2D eigenvalue weighted by Crippen LogP contribution is -2.31. The second kappa shape index (κ2) is 9.90. The topological polar surface area (TPSA) is 42.2 Å². The van der Waals surface area contributed by atoms with Crippen LogP contribution in [0.4, 0.5) is 0 Å². The molecular weight excluding hydrogens is 302 g/mol. The summed E-state index contributed by atoms with van der Waals surface area (Å²) in [5, 5.41) is 3.39. The predicted molar refractivity (Wildman–Crippen MR) is 93.2 cm³/mol. The number of aromatic nitrogens is 1. The lowest BCUT2D eigenvalue weighted by Gasteiger charge is -2.20. The Bertz CT molecular complexity index is 501. The first kappa shape index (κ1) is 18.1. The lowest BCUT2D eigenvalue weighted by atomic mass is 10.1. The number of nitrogens with two attached hydrogens (primary N) is 1. The van der Waals surface area contributed by atoms with Crippen LogP contribution in [0.5, 0.6) is 0 Å². The van der Waals surface area contributed by atoms with Gasteiger partial charge < -0.3 is 5.73 Å². The summed E-state index contributed by atoms with van der Waals surface area (Å²) in [6.45, 7) is 5.70. The number of hydrogen-bond donors (Lipinski definition) is 1. The van der Waals surface area contributed by atoms with Gasteiger partial charge >= 0.3 is 0 Å². The molecule has 2 N–H and O–H groups in total. The van der Waals surface area contributed by atoms with E-state index in [2.05, 4.69) is 52.5 Å². The zero-order chi connectivity index (χ0) is 14.2. The molecule has 116 valence electrons. The van der Waals surface area contributed by atoms with E-state index in [-0.39, 0.29) is 12.4 Å². The number of rotatable bonds is 8. The minimum atomic E-state index is 0. The predicted octanol–water partition coefficient (Wildman–Crippen LogP) is 3.13. The van der Waals surface area contributed by atoms with Crippen LogP contribution in [0.15, 0.2) is 35.7 Å². The fourth-order valence-corrected chi connectivity index (χ4v) is 2.93. The van der Waals surface area contributed by atoms with Gasteiger partial charge in [0, 0.05) is 31.6 Å². The van der Waals surface area contributed by atoms with Crippen LogP contribution in [-0.4, -0.2) is 29.5 Å². The van der Waals surface area contributed by atoms with Crippen molar-refractivity contribution in [3.05, 3.63) is 52.0 Å². The van der Waals surface area contributed by atoms with Gasteiger partial charge in [-0.1, -0.05) is 37.3 Å². The van der Waals surface area contributed by atoms with E-state index in [9.17, 15) is 0 Å². The Morgan fingerprint density at radius 3 is 2.57 bits per heavy atom. The largest absolute Gasteiger partial charge is 0.329 e. The molecule has 0 unspecified atom stereocenters. The summed E-state index contributed by atoms with van der Waals surface area (Å²) >= 11 is 1.76. The first-order chi connectivity index (χ1) is 9.81. The van der Waals surface area contributed by atoms with E-state index in [1.807, 2.05) is 0 Å². The Morgan fingerprint density at radius 1 is 1.19 bits per heavy atom. The molecule has 1 aromatic heterocycles. The summed E-state index contributed by atoms with van der Waals surface area (Å²) in [6, 6.07) is 10.6. The number of aryl methyl sites for hydroxylation is 1. The molecule has 1 heterocycles. The van der Waals surface area contributed by atoms with Crippen molar-refractivity contribution >= 4 is 23.7 Å². The third-order valence-corrected chi connectivity index (χ3v) is 4.33. The van der Waals surface area contributed by atoms with Crippen molar-refractivity contribution in [1.29, 1.82) is 0 Å². The molecule has 2 rings (SSSR count). The fraction of sp³-hybridized carbons (Fsp3) is 0.438. The fourth-order valence-electron chi connectivity index (χ4n) is 2.20. The highest BCUT2D eigenvalue weighted by molar-refractivity contribution is 7.09. The van der Waals surface area contributed by atoms with Gasteiger partial charge in [0.2, 0.25) is 0 Å². The highest BCUT2D eigenvalue weighted by atomic mass is 35.5. The molecule has 5 heteroatoms. The van der Waals surface area contributed by atoms with E-state index in [0.717, 1.165) is 32.5 Å². The van der Waals surface area contributed by atoms with Crippen molar-refractivity contribution in [2.24, 2.45) is 5.73 Å². The van der Waals surface area contributed by atoms with Crippen molar-refractivity contribution in [3.63, 3.8) is 0 Å². The maximum absolute atomic E-state index is 5.72. The summed E-state index contributed by atoms with van der Waals surface area (Å²) < 4.78 is 0. The van der Waals surface area contributed by atoms with E-state index in [4.69, 9.17) is 5.73 Å². The summed E-state index contributed by atoms with van der Waals surface area (Å²) in [6.07, 6.45) is 2.08. The minimum absolute atomic E-state index is 0. The van der Waals surface area contributed by atoms with Crippen molar-refractivity contribution in [2.75, 3.05) is 19.6 Å². The molecular formula is C16H24ClN3S. The van der Waals surface area contributed by atoms with Crippen LogP contribution in [0, 0.1) is 0 Å². The van der Waals surface area contributed by atoms with Gasteiger partial charge in [0.1, 0.15) is 0 Å². The quantitative estimate of drug-likeness (QED) is 0.810. The number of thiazole rings is 1. The average Bonchev–Trinajstić information content (AvgIpc) is 2.94. The monoisotopic (exact) mass is 325 g/mol. The van der Waals surface area contributed by atoms with Crippen LogP contribution in [0.25, 0.3) is 0 Å². The summed E-state index contributed by atoms with van der Waals surface area (Å²) in [4.78, 5) is 7.03. The molecule has 0 bridgehead atoms. The third kappa shape index (κ3) is 6.14. The maximum atomic E-state index is 5.72. The Labute approximate surface area is 137 Å². The number of benzene rings is 1. The molecule has 3 nitrogen and oxygen atoms in total. The number of halogens is 1. The normalized spacial score (nSPS) is 10.6. The first-order valence-corrected chi connectivity index (χ1v) is 8.09. The number of nitrogens with zero attached hydrogens (tertiary/aromatic N) is 2. The van der Waals surface area contributed by atoms with Crippen LogP contribution < -0.4 is 5.73 Å². The average molecular weight is 326 g/mol. The summed E-state index contributed by atoms with van der Waals surface area (Å²) in [5.74, 6) is 0. The molecule has 0 radical (unpaired) electrons. The van der Waals surface area contributed by atoms with Crippen LogP contribution >= 0.6 is 23.7 Å². The molecule has 21 heavy (non-hydrogen) atoms. The van der Waals surface area contributed by atoms with E-state index >= 15 is 0 Å². The summed E-state index contributed by atoms with van der Waals surface area (Å²) in [5.41, 5.74) is 8.28. The van der Waals surface area contributed by atoms with Crippen molar-refractivity contribution in [2.45, 2.75) is 26.3 Å². The van der Waals surface area contributed by atoms with Crippen LogP contribution in [0.2, 0.25) is 0 Å². The van der Waals surface area contributed by atoms with Crippen LogP contribution in [-0.2, 0) is 19.4 Å². The van der Waals surface area contributed by atoms with Gasteiger partial charge in [-0.05, 0) is 18.4 Å². The molecule has 0 amide bonds. The Kier molecular flexibility index (Phi) is 8.54. The van der Waals surface area contributed by atoms with Gasteiger partial charge in [-0.25, -0.2) is 4.98 Å². The SMILES string of the molecule is CCc1nc(CN(CCN)CCc2ccccc2)cs1.Cl. The van der Waals surface area contributed by atoms with Gasteiger partial charge in [0.25, 0.3) is 0 Å². The van der Waals surface area contributed by atoms with Gasteiger partial charge in [-0.15, -0.1) is 23.7 Å². The van der Waals surface area contributed by atoms with Gasteiger partial charge in [-0.2, -0.15) is 0 Å². The lowest BCUT2D eigenvalue weighted by molar-refractivity contribution is 0.273. The van der Waals surface area contributed by atoms with Gasteiger partial charge in [0.05, 0.1) is 10.7 Å². The number of hydrogen-bond acceptors (Lipinski definition) is 4. The minimum Gasteiger partial charge on any atom is -0.329 e. The van der Waals surface area contributed by atoms with Crippen molar-refractivity contribution < 1.29 is 0 Å². The molecule has 0 aliphatic rings.